The van der Waals surface area contributed by atoms with Gasteiger partial charge in [0, 0.05) is 43.9 Å². The second-order valence-electron chi connectivity index (χ2n) is 6.10. The number of nitrogens with one attached hydrogen (secondary N) is 1. The molecule has 1 amide bonds. The molecule has 0 bridgehead atoms. The number of hydrogen-bond acceptors (Lipinski definition) is 4. The minimum atomic E-state index is -0.607. The largest absolute Gasteiger partial charge is 0.367 e. The summed E-state index contributed by atoms with van der Waals surface area (Å²) in [4.78, 5) is 15.1. The van der Waals surface area contributed by atoms with Gasteiger partial charge in [0.15, 0.2) is 6.10 Å². The van der Waals surface area contributed by atoms with E-state index in [4.69, 9.17) is 4.74 Å². The van der Waals surface area contributed by atoms with Crippen LogP contribution in [0.3, 0.4) is 0 Å². The van der Waals surface area contributed by atoms with Gasteiger partial charge in [-0.15, -0.1) is 0 Å². The molecule has 1 N–H and O–H groups in total. The number of carbonyl (C=O) groups is 1. The van der Waals surface area contributed by atoms with Crippen LogP contribution in [0.5, 0.6) is 0 Å². The average Bonchev–Trinajstić information content (AvgIpc) is 2.64. The van der Waals surface area contributed by atoms with Crippen molar-refractivity contribution in [3.63, 3.8) is 0 Å². The van der Waals surface area contributed by atoms with Gasteiger partial charge in [-0.1, -0.05) is 42.5 Å². The van der Waals surface area contributed by atoms with Crippen LogP contribution in [0, 0.1) is 0 Å². The molecule has 1 atom stereocenters. The first-order valence-corrected chi connectivity index (χ1v) is 9.69. The maximum atomic E-state index is 12.6. The summed E-state index contributed by atoms with van der Waals surface area (Å²) in [5.74, 6) is 2.24. The smallest absolute Gasteiger partial charge is 0.258 e. The summed E-state index contributed by atoms with van der Waals surface area (Å²) in [6, 6.07) is 17.6. The highest BCUT2D eigenvalue weighted by Gasteiger charge is 2.20. The van der Waals surface area contributed by atoms with Crippen molar-refractivity contribution in [2.75, 3.05) is 37.0 Å². The molecule has 1 aliphatic rings. The van der Waals surface area contributed by atoms with Crippen molar-refractivity contribution in [2.24, 2.45) is 0 Å². The fourth-order valence-corrected chi connectivity index (χ4v) is 3.97. The van der Waals surface area contributed by atoms with E-state index in [1.165, 1.54) is 17.1 Å². The minimum Gasteiger partial charge on any atom is -0.367 e. The van der Waals surface area contributed by atoms with Crippen LogP contribution in [0.1, 0.15) is 17.2 Å². The van der Waals surface area contributed by atoms with Crippen LogP contribution in [0.15, 0.2) is 54.6 Å². The van der Waals surface area contributed by atoms with Crippen LogP contribution in [-0.2, 0) is 16.1 Å². The SMILES string of the molecule is CO[C@H](C(=O)Nc1cccc(CN2CCSCC2)c1)c1ccccc1. The van der Waals surface area contributed by atoms with Crippen molar-refractivity contribution >= 4 is 23.4 Å². The van der Waals surface area contributed by atoms with Crippen molar-refractivity contribution in [2.45, 2.75) is 12.6 Å². The molecular weight excluding hydrogens is 332 g/mol. The fraction of sp³-hybridized carbons (Fsp3) is 0.350. The van der Waals surface area contributed by atoms with Crippen LogP contribution in [-0.4, -0.2) is 42.5 Å². The highest BCUT2D eigenvalue weighted by molar-refractivity contribution is 7.99. The van der Waals surface area contributed by atoms with Crippen LogP contribution in [0.4, 0.5) is 5.69 Å². The Morgan fingerprint density at radius 3 is 2.64 bits per heavy atom. The van der Waals surface area contributed by atoms with E-state index in [9.17, 15) is 4.79 Å². The van der Waals surface area contributed by atoms with Crippen molar-refractivity contribution in [3.05, 3.63) is 65.7 Å². The van der Waals surface area contributed by atoms with Crippen molar-refractivity contribution in [1.82, 2.24) is 4.90 Å². The molecule has 25 heavy (non-hydrogen) atoms. The van der Waals surface area contributed by atoms with Crippen molar-refractivity contribution in [1.29, 1.82) is 0 Å². The number of carbonyl (C=O) groups excluding carboxylic acids is 1. The predicted molar refractivity (Wildman–Crippen MR) is 104 cm³/mol. The Bertz CT molecular complexity index is 687. The molecule has 1 heterocycles. The van der Waals surface area contributed by atoms with E-state index >= 15 is 0 Å². The number of nitrogens with zero attached hydrogens (tertiary/aromatic N) is 1. The molecule has 4 nitrogen and oxygen atoms in total. The molecule has 2 aromatic carbocycles. The van der Waals surface area contributed by atoms with Gasteiger partial charge >= 0.3 is 0 Å². The third kappa shape index (κ3) is 5.08. The zero-order chi connectivity index (χ0) is 17.5. The summed E-state index contributed by atoms with van der Waals surface area (Å²) in [6.07, 6.45) is -0.607. The molecule has 0 aliphatic carbocycles. The van der Waals surface area contributed by atoms with E-state index in [0.717, 1.165) is 30.9 Å². The number of benzene rings is 2. The molecule has 0 spiro atoms. The van der Waals surface area contributed by atoms with Gasteiger partial charge in [-0.2, -0.15) is 11.8 Å². The van der Waals surface area contributed by atoms with Gasteiger partial charge in [0.2, 0.25) is 0 Å². The molecule has 0 radical (unpaired) electrons. The number of ether oxygens (including phenoxy) is 1. The number of hydrogen-bond donors (Lipinski definition) is 1. The van der Waals surface area contributed by atoms with Gasteiger partial charge in [-0.25, -0.2) is 0 Å². The average molecular weight is 356 g/mol. The van der Waals surface area contributed by atoms with Crippen LogP contribution in [0.2, 0.25) is 0 Å². The zero-order valence-corrected chi connectivity index (χ0v) is 15.3. The van der Waals surface area contributed by atoms with Gasteiger partial charge in [-0.3, -0.25) is 9.69 Å². The van der Waals surface area contributed by atoms with Gasteiger partial charge < -0.3 is 10.1 Å². The number of methoxy groups -OCH3 is 1. The Labute approximate surface area is 153 Å². The maximum absolute atomic E-state index is 12.6. The van der Waals surface area contributed by atoms with E-state index in [-0.39, 0.29) is 5.91 Å². The van der Waals surface area contributed by atoms with Crippen LogP contribution >= 0.6 is 11.8 Å². The molecule has 1 saturated heterocycles. The summed E-state index contributed by atoms with van der Waals surface area (Å²) in [6.45, 7) is 3.18. The van der Waals surface area contributed by atoms with E-state index in [2.05, 4.69) is 22.3 Å². The Morgan fingerprint density at radius 2 is 1.92 bits per heavy atom. The highest BCUT2D eigenvalue weighted by atomic mass is 32.2. The Kier molecular flexibility index (Phi) is 6.50. The van der Waals surface area contributed by atoms with E-state index in [1.54, 1.807) is 7.11 Å². The number of thioether (sulfide) groups is 1. The first-order chi connectivity index (χ1) is 12.3. The molecular formula is C20H24N2O2S. The number of rotatable bonds is 6. The standard InChI is InChI=1S/C20H24N2O2S/c1-24-19(17-7-3-2-4-8-17)20(23)21-18-9-5-6-16(14-18)15-22-10-12-25-13-11-22/h2-9,14,19H,10-13,15H2,1H3,(H,21,23)/t19-/m0/s1. The molecule has 1 aliphatic heterocycles. The van der Waals surface area contributed by atoms with Gasteiger partial charge in [-0.05, 0) is 23.3 Å². The van der Waals surface area contributed by atoms with Crippen LogP contribution in [0.25, 0.3) is 0 Å². The summed E-state index contributed by atoms with van der Waals surface area (Å²) < 4.78 is 5.40. The fourth-order valence-electron chi connectivity index (χ4n) is 3.00. The second kappa shape index (κ2) is 9.04. The second-order valence-corrected chi connectivity index (χ2v) is 7.33. The summed E-state index contributed by atoms with van der Waals surface area (Å²) >= 11 is 2.01. The van der Waals surface area contributed by atoms with Crippen molar-refractivity contribution in [3.8, 4) is 0 Å². The van der Waals surface area contributed by atoms with Crippen LogP contribution < -0.4 is 5.32 Å². The molecule has 0 unspecified atom stereocenters. The summed E-state index contributed by atoms with van der Waals surface area (Å²) in [7, 11) is 1.56. The topological polar surface area (TPSA) is 41.6 Å². The summed E-state index contributed by atoms with van der Waals surface area (Å²) in [5, 5.41) is 2.98. The summed E-state index contributed by atoms with van der Waals surface area (Å²) in [5.41, 5.74) is 2.88. The Balaban J connectivity index is 1.65. The van der Waals surface area contributed by atoms with Gasteiger partial charge in [0.05, 0.1) is 0 Å². The molecule has 0 saturated carbocycles. The Hall–Kier alpha value is -1.82. The lowest BCUT2D eigenvalue weighted by Gasteiger charge is -2.26. The van der Waals surface area contributed by atoms with E-state index < -0.39 is 6.10 Å². The molecule has 3 rings (SSSR count). The zero-order valence-electron chi connectivity index (χ0n) is 14.5. The minimum absolute atomic E-state index is 0.153. The molecule has 0 aromatic heterocycles. The van der Waals surface area contributed by atoms with Crippen molar-refractivity contribution < 1.29 is 9.53 Å². The Morgan fingerprint density at radius 1 is 1.16 bits per heavy atom. The highest BCUT2D eigenvalue weighted by Crippen LogP contribution is 2.20. The quantitative estimate of drug-likeness (QED) is 0.859. The molecule has 5 heteroatoms. The first-order valence-electron chi connectivity index (χ1n) is 8.54. The van der Waals surface area contributed by atoms with Gasteiger partial charge in [0.25, 0.3) is 5.91 Å². The molecule has 132 valence electrons. The first kappa shape index (κ1) is 18.0. The number of amides is 1. The van der Waals surface area contributed by atoms with E-state index in [0.29, 0.717) is 0 Å². The lowest BCUT2D eigenvalue weighted by atomic mass is 10.1. The lowest BCUT2D eigenvalue weighted by Crippen LogP contribution is -2.32. The third-order valence-electron chi connectivity index (χ3n) is 4.28. The molecule has 1 fully saturated rings. The maximum Gasteiger partial charge on any atom is 0.258 e. The number of anilines is 1. The lowest BCUT2D eigenvalue weighted by molar-refractivity contribution is -0.126. The van der Waals surface area contributed by atoms with E-state index in [1.807, 2.05) is 54.2 Å². The normalized spacial score (nSPS) is 16.4. The molecule has 2 aromatic rings. The predicted octanol–water partition coefficient (Wildman–Crippen LogP) is 3.56. The van der Waals surface area contributed by atoms with Gasteiger partial charge in [0.1, 0.15) is 0 Å². The monoisotopic (exact) mass is 356 g/mol. The third-order valence-corrected chi connectivity index (χ3v) is 5.22.